The highest BCUT2D eigenvalue weighted by atomic mass is 19.1. The molecule has 0 aliphatic heterocycles. The van der Waals surface area contributed by atoms with Crippen LogP contribution in [0.4, 0.5) is 10.1 Å². The monoisotopic (exact) mass is 210 g/mol. The summed E-state index contributed by atoms with van der Waals surface area (Å²) in [5.74, 6) is -0.140. The van der Waals surface area contributed by atoms with Crippen LogP contribution in [0.3, 0.4) is 0 Å². The van der Waals surface area contributed by atoms with Gasteiger partial charge in [-0.05, 0) is 38.6 Å². The Morgan fingerprint density at radius 3 is 2.47 bits per heavy atom. The third kappa shape index (κ3) is 2.93. The third-order valence-corrected chi connectivity index (χ3v) is 2.50. The molecule has 0 fully saturated rings. The average molecular weight is 210 g/mol. The first-order valence-corrected chi connectivity index (χ1v) is 5.40. The van der Waals surface area contributed by atoms with Gasteiger partial charge in [0.05, 0.1) is 5.69 Å². The Bertz CT molecular complexity index is 308. The molecule has 0 unspecified atom stereocenters. The maximum absolute atomic E-state index is 13.6. The molecule has 1 aromatic rings. The van der Waals surface area contributed by atoms with Crippen LogP contribution >= 0.6 is 0 Å². The van der Waals surface area contributed by atoms with Crippen LogP contribution in [0.1, 0.15) is 19.4 Å². The van der Waals surface area contributed by atoms with Gasteiger partial charge in [0.1, 0.15) is 5.82 Å². The molecule has 3 heteroatoms. The van der Waals surface area contributed by atoms with Crippen LogP contribution in [0.2, 0.25) is 0 Å². The molecule has 0 saturated heterocycles. The van der Waals surface area contributed by atoms with Gasteiger partial charge in [0, 0.05) is 19.6 Å². The van der Waals surface area contributed by atoms with E-state index in [0.717, 1.165) is 25.2 Å². The van der Waals surface area contributed by atoms with Gasteiger partial charge in [0.15, 0.2) is 0 Å². The molecule has 0 bridgehead atoms. The van der Waals surface area contributed by atoms with Gasteiger partial charge in [0.2, 0.25) is 0 Å². The molecule has 1 N–H and O–H groups in total. The normalized spacial score (nSPS) is 10.4. The van der Waals surface area contributed by atoms with E-state index in [-0.39, 0.29) is 5.82 Å². The summed E-state index contributed by atoms with van der Waals surface area (Å²) in [5.41, 5.74) is 1.81. The van der Waals surface area contributed by atoms with Gasteiger partial charge >= 0.3 is 0 Å². The first-order valence-electron chi connectivity index (χ1n) is 5.40. The van der Waals surface area contributed by atoms with Crippen LogP contribution in [0.25, 0.3) is 0 Å². The topological polar surface area (TPSA) is 15.3 Å². The standard InChI is InChI=1S/C12H19FN2/c1-4-15(5-2)12-8-10(9-14-3)6-7-11(12)13/h6-8,14H,4-5,9H2,1-3H3. The lowest BCUT2D eigenvalue weighted by atomic mass is 10.1. The van der Waals surface area contributed by atoms with Crippen molar-refractivity contribution in [1.82, 2.24) is 5.32 Å². The molecule has 0 radical (unpaired) electrons. The zero-order valence-corrected chi connectivity index (χ0v) is 9.68. The van der Waals surface area contributed by atoms with E-state index in [2.05, 4.69) is 5.32 Å². The minimum absolute atomic E-state index is 0.140. The van der Waals surface area contributed by atoms with Crippen molar-refractivity contribution in [3.8, 4) is 0 Å². The first-order chi connectivity index (χ1) is 7.22. The van der Waals surface area contributed by atoms with Gasteiger partial charge in [-0.1, -0.05) is 6.07 Å². The summed E-state index contributed by atoms with van der Waals surface area (Å²) in [7, 11) is 1.89. The molecule has 0 heterocycles. The number of rotatable bonds is 5. The minimum atomic E-state index is -0.140. The molecule has 84 valence electrons. The third-order valence-electron chi connectivity index (χ3n) is 2.50. The minimum Gasteiger partial charge on any atom is -0.370 e. The molecule has 1 rings (SSSR count). The molecule has 0 spiro atoms. The summed E-state index contributed by atoms with van der Waals surface area (Å²) >= 11 is 0. The molecule has 0 aliphatic rings. The van der Waals surface area contributed by atoms with Crippen molar-refractivity contribution in [1.29, 1.82) is 0 Å². The van der Waals surface area contributed by atoms with Crippen molar-refractivity contribution in [2.24, 2.45) is 0 Å². The van der Waals surface area contributed by atoms with E-state index in [0.29, 0.717) is 5.69 Å². The van der Waals surface area contributed by atoms with E-state index in [1.54, 1.807) is 6.07 Å². The number of nitrogens with zero attached hydrogens (tertiary/aromatic N) is 1. The van der Waals surface area contributed by atoms with E-state index in [1.165, 1.54) is 0 Å². The second-order valence-corrected chi connectivity index (χ2v) is 3.49. The van der Waals surface area contributed by atoms with Crippen molar-refractivity contribution >= 4 is 5.69 Å². The van der Waals surface area contributed by atoms with Crippen LogP contribution in [-0.2, 0) is 6.54 Å². The Hall–Kier alpha value is -1.09. The maximum Gasteiger partial charge on any atom is 0.146 e. The zero-order valence-electron chi connectivity index (χ0n) is 9.68. The number of benzene rings is 1. The Morgan fingerprint density at radius 2 is 1.93 bits per heavy atom. The zero-order chi connectivity index (χ0) is 11.3. The molecular weight excluding hydrogens is 191 g/mol. The van der Waals surface area contributed by atoms with E-state index >= 15 is 0 Å². The van der Waals surface area contributed by atoms with Gasteiger partial charge in [-0.3, -0.25) is 0 Å². The maximum atomic E-state index is 13.6. The summed E-state index contributed by atoms with van der Waals surface area (Å²) in [4.78, 5) is 2.02. The van der Waals surface area contributed by atoms with Gasteiger partial charge in [-0.2, -0.15) is 0 Å². The number of hydrogen-bond donors (Lipinski definition) is 1. The van der Waals surface area contributed by atoms with Gasteiger partial charge in [-0.15, -0.1) is 0 Å². The molecule has 0 saturated carbocycles. The Labute approximate surface area is 91.1 Å². The smallest absolute Gasteiger partial charge is 0.146 e. The number of nitrogens with one attached hydrogen (secondary N) is 1. The van der Waals surface area contributed by atoms with Crippen molar-refractivity contribution < 1.29 is 4.39 Å². The number of hydrogen-bond acceptors (Lipinski definition) is 2. The second-order valence-electron chi connectivity index (χ2n) is 3.49. The van der Waals surface area contributed by atoms with Crippen molar-refractivity contribution in [2.45, 2.75) is 20.4 Å². The van der Waals surface area contributed by atoms with Crippen molar-refractivity contribution in [2.75, 3.05) is 25.0 Å². The van der Waals surface area contributed by atoms with Gasteiger partial charge in [-0.25, -0.2) is 4.39 Å². The van der Waals surface area contributed by atoms with E-state index in [9.17, 15) is 4.39 Å². The molecule has 15 heavy (non-hydrogen) atoms. The number of halogens is 1. The summed E-state index contributed by atoms with van der Waals surface area (Å²) in [5, 5.41) is 3.06. The van der Waals surface area contributed by atoms with Gasteiger partial charge in [0.25, 0.3) is 0 Å². The lowest BCUT2D eigenvalue weighted by Gasteiger charge is -2.22. The predicted octanol–water partition coefficient (Wildman–Crippen LogP) is 2.39. The fourth-order valence-corrected chi connectivity index (χ4v) is 1.68. The molecule has 0 amide bonds. The van der Waals surface area contributed by atoms with E-state index in [4.69, 9.17) is 0 Å². The van der Waals surface area contributed by atoms with Crippen LogP contribution in [-0.4, -0.2) is 20.1 Å². The molecular formula is C12H19FN2. The van der Waals surface area contributed by atoms with Crippen LogP contribution in [0.5, 0.6) is 0 Å². The second kappa shape index (κ2) is 5.71. The molecule has 0 aromatic heterocycles. The summed E-state index contributed by atoms with van der Waals surface area (Å²) in [6.45, 7) is 6.50. The largest absolute Gasteiger partial charge is 0.370 e. The average Bonchev–Trinajstić information content (AvgIpc) is 2.24. The highest BCUT2D eigenvalue weighted by molar-refractivity contribution is 5.49. The van der Waals surface area contributed by atoms with E-state index < -0.39 is 0 Å². The SMILES string of the molecule is CCN(CC)c1cc(CNC)ccc1F. The Balaban J connectivity index is 2.98. The van der Waals surface area contributed by atoms with Crippen LogP contribution in [0.15, 0.2) is 18.2 Å². The molecule has 0 atom stereocenters. The Morgan fingerprint density at radius 1 is 1.27 bits per heavy atom. The number of anilines is 1. The van der Waals surface area contributed by atoms with Crippen molar-refractivity contribution in [3.05, 3.63) is 29.6 Å². The lowest BCUT2D eigenvalue weighted by molar-refractivity contribution is 0.618. The summed E-state index contributed by atoms with van der Waals surface area (Å²) in [6, 6.07) is 5.28. The lowest BCUT2D eigenvalue weighted by Crippen LogP contribution is -2.23. The molecule has 0 aliphatic carbocycles. The van der Waals surface area contributed by atoms with Crippen molar-refractivity contribution in [3.63, 3.8) is 0 Å². The van der Waals surface area contributed by atoms with Crippen LogP contribution < -0.4 is 10.2 Å². The summed E-state index contributed by atoms with van der Waals surface area (Å²) in [6.07, 6.45) is 0. The van der Waals surface area contributed by atoms with E-state index in [1.807, 2.05) is 37.9 Å². The molecule has 1 aromatic carbocycles. The van der Waals surface area contributed by atoms with Gasteiger partial charge < -0.3 is 10.2 Å². The first kappa shape index (κ1) is 12.0. The highest BCUT2D eigenvalue weighted by Crippen LogP contribution is 2.20. The quantitative estimate of drug-likeness (QED) is 0.802. The summed E-state index contributed by atoms with van der Waals surface area (Å²) < 4.78 is 13.6. The molecule has 2 nitrogen and oxygen atoms in total. The Kier molecular flexibility index (Phi) is 4.56. The predicted molar refractivity (Wildman–Crippen MR) is 62.7 cm³/mol. The fourth-order valence-electron chi connectivity index (χ4n) is 1.68. The fraction of sp³-hybridized carbons (Fsp3) is 0.500. The highest BCUT2D eigenvalue weighted by Gasteiger charge is 2.08. The van der Waals surface area contributed by atoms with Crippen LogP contribution in [0, 0.1) is 5.82 Å².